The van der Waals surface area contributed by atoms with Gasteiger partial charge in [-0.2, -0.15) is 0 Å². The molecule has 4 nitrogen and oxygen atoms in total. The highest BCUT2D eigenvalue weighted by Crippen LogP contribution is 2.47. The number of benzene rings is 5. The van der Waals surface area contributed by atoms with E-state index in [4.69, 9.17) is 14.4 Å². The number of hydrogen-bond acceptors (Lipinski definition) is 5. The number of aromatic hydroxyl groups is 1. The molecule has 0 atom stereocenters. The largest absolute Gasteiger partial charge is 0.507 e. The van der Waals surface area contributed by atoms with Crippen molar-refractivity contribution in [3.8, 4) is 38.7 Å². The highest BCUT2D eigenvalue weighted by atomic mass is 32.1. The summed E-state index contributed by atoms with van der Waals surface area (Å²) in [4.78, 5) is 10.3. The minimum atomic E-state index is -0.234. The topological polar surface area (TPSA) is 59.2 Å². The maximum Gasteiger partial charge on any atom is 0.143 e. The van der Waals surface area contributed by atoms with E-state index in [0.29, 0.717) is 11.7 Å². The second-order valence-corrected chi connectivity index (χ2v) is 18.1. The van der Waals surface area contributed by atoms with E-state index in [-0.39, 0.29) is 10.8 Å². The Bertz CT molecular complexity index is 2700. The van der Waals surface area contributed by atoms with E-state index in [9.17, 15) is 5.11 Å². The number of para-hydroxylation sites is 1. The van der Waals surface area contributed by atoms with Crippen LogP contribution in [0.3, 0.4) is 0 Å². The molecule has 1 N–H and O–H groups in total. The minimum absolute atomic E-state index is 0.0931. The zero-order valence-electron chi connectivity index (χ0n) is 31.5. The molecule has 9 rings (SSSR count). The van der Waals surface area contributed by atoms with Gasteiger partial charge >= 0.3 is 0 Å². The summed E-state index contributed by atoms with van der Waals surface area (Å²) >= 11 is 1.63. The van der Waals surface area contributed by atoms with Gasteiger partial charge in [0, 0.05) is 44.6 Å². The van der Waals surface area contributed by atoms with E-state index in [0.717, 1.165) is 81.4 Å². The number of nitrogens with zero attached hydrogens (tertiary/aromatic N) is 2. The lowest BCUT2D eigenvalue weighted by molar-refractivity contribution is 0.443. The third-order valence-electron chi connectivity index (χ3n) is 11.3. The Morgan fingerprint density at radius 2 is 1.51 bits per heavy atom. The summed E-state index contributed by atoms with van der Waals surface area (Å²) in [5.74, 6) is 0.896. The normalized spacial score (nSPS) is 14.6. The van der Waals surface area contributed by atoms with Crippen molar-refractivity contribution in [1.82, 2.24) is 9.97 Å². The fourth-order valence-corrected chi connectivity index (χ4v) is 9.34. The van der Waals surface area contributed by atoms with E-state index in [1.165, 1.54) is 43.2 Å². The summed E-state index contributed by atoms with van der Waals surface area (Å²) in [5.41, 5.74) is 10.7. The monoisotopic (exact) mass is 714 g/mol. The summed E-state index contributed by atoms with van der Waals surface area (Å²) in [6.45, 7) is 13.1. The molecule has 5 heteroatoms. The van der Waals surface area contributed by atoms with Crippen molar-refractivity contribution in [3.05, 3.63) is 114 Å². The number of pyridine rings is 1. The SMILES string of the molecule is CC(C)(C)c1cc(-c2nc3c(-c4cc(-c5cc(C6CCCCC6)ccn5)cc5c4oc4c6ccccc6ccc54)cccc3s2)c(O)c(C(C)(C)C)c1. The highest BCUT2D eigenvalue weighted by molar-refractivity contribution is 7.21. The van der Waals surface area contributed by atoms with Gasteiger partial charge < -0.3 is 9.52 Å². The number of aromatic nitrogens is 2. The van der Waals surface area contributed by atoms with Crippen LogP contribution in [0.2, 0.25) is 0 Å². The number of rotatable bonds is 4. The van der Waals surface area contributed by atoms with Crippen LogP contribution >= 0.6 is 11.3 Å². The first-order valence-electron chi connectivity index (χ1n) is 19.1. The molecular weight excluding hydrogens is 669 g/mol. The lowest BCUT2D eigenvalue weighted by Gasteiger charge is -2.27. The summed E-state index contributed by atoms with van der Waals surface area (Å²) in [5, 5.41) is 17.0. The number of furan rings is 1. The van der Waals surface area contributed by atoms with Gasteiger partial charge in [-0.3, -0.25) is 4.98 Å². The molecule has 1 saturated carbocycles. The molecule has 1 aliphatic rings. The van der Waals surface area contributed by atoms with Gasteiger partial charge in [0.1, 0.15) is 21.9 Å². The van der Waals surface area contributed by atoms with Crippen LogP contribution in [0.25, 0.3) is 75.9 Å². The Hall–Kier alpha value is -5.00. The number of phenols is 1. The molecular formula is C48H46N2O2S. The maximum atomic E-state index is 11.8. The average molecular weight is 715 g/mol. The van der Waals surface area contributed by atoms with Crippen LogP contribution in [-0.4, -0.2) is 15.1 Å². The Morgan fingerprint density at radius 1 is 0.698 bits per heavy atom. The Kier molecular flexibility index (Phi) is 8.01. The van der Waals surface area contributed by atoms with Crippen LogP contribution in [-0.2, 0) is 10.8 Å². The van der Waals surface area contributed by atoms with Crippen LogP contribution < -0.4 is 0 Å². The Labute approximate surface area is 315 Å². The van der Waals surface area contributed by atoms with Gasteiger partial charge in [0.25, 0.3) is 0 Å². The molecule has 1 fully saturated rings. The smallest absolute Gasteiger partial charge is 0.143 e. The van der Waals surface area contributed by atoms with Crippen LogP contribution in [0, 0.1) is 0 Å². The fraction of sp³-hybridized carbons (Fsp3) is 0.292. The predicted octanol–water partition coefficient (Wildman–Crippen LogP) is 14.1. The van der Waals surface area contributed by atoms with Crippen molar-refractivity contribution >= 4 is 54.3 Å². The van der Waals surface area contributed by atoms with E-state index < -0.39 is 0 Å². The van der Waals surface area contributed by atoms with Crippen LogP contribution in [0.1, 0.15) is 96.3 Å². The molecule has 8 aromatic rings. The first-order chi connectivity index (χ1) is 25.4. The molecule has 266 valence electrons. The number of phenolic OH excluding ortho intramolecular Hbond substituents is 1. The zero-order chi connectivity index (χ0) is 36.6. The van der Waals surface area contributed by atoms with Crippen LogP contribution in [0.5, 0.6) is 5.75 Å². The molecule has 0 aliphatic heterocycles. The molecule has 0 spiro atoms. The molecule has 1 aliphatic carbocycles. The molecule has 0 bridgehead atoms. The molecule has 53 heavy (non-hydrogen) atoms. The summed E-state index contributed by atoms with van der Waals surface area (Å²) in [7, 11) is 0. The van der Waals surface area contributed by atoms with E-state index in [1.807, 2.05) is 6.20 Å². The lowest BCUT2D eigenvalue weighted by Crippen LogP contribution is -2.17. The average Bonchev–Trinajstić information content (AvgIpc) is 3.76. The van der Waals surface area contributed by atoms with Crippen LogP contribution in [0.4, 0.5) is 0 Å². The van der Waals surface area contributed by atoms with Crippen molar-refractivity contribution in [3.63, 3.8) is 0 Å². The van der Waals surface area contributed by atoms with Gasteiger partial charge in [0.2, 0.25) is 0 Å². The molecule has 0 saturated heterocycles. The van der Waals surface area contributed by atoms with Gasteiger partial charge in [-0.15, -0.1) is 11.3 Å². The molecule has 3 aromatic heterocycles. The van der Waals surface area contributed by atoms with Gasteiger partial charge in [0.05, 0.1) is 21.5 Å². The van der Waals surface area contributed by atoms with E-state index >= 15 is 0 Å². The minimum Gasteiger partial charge on any atom is -0.507 e. The van der Waals surface area contributed by atoms with Crippen molar-refractivity contribution in [2.45, 2.75) is 90.4 Å². The second kappa shape index (κ2) is 12.6. The summed E-state index contributed by atoms with van der Waals surface area (Å²) in [6.07, 6.45) is 8.40. The van der Waals surface area contributed by atoms with Gasteiger partial charge in [0.15, 0.2) is 0 Å². The summed E-state index contributed by atoms with van der Waals surface area (Å²) < 4.78 is 8.00. The third kappa shape index (κ3) is 5.90. The number of hydrogen-bond donors (Lipinski definition) is 1. The molecule has 0 radical (unpaired) electrons. The second-order valence-electron chi connectivity index (χ2n) is 17.1. The van der Waals surface area contributed by atoms with Gasteiger partial charge in [-0.05, 0) is 88.6 Å². The molecule has 5 aromatic carbocycles. The van der Waals surface area contributed by atoms with Crippen molar-refractivity contribution in [2.75, 3.05) is 0 Å². The number of thiazole rings is 1. The lowest BCUT2D eigenvalue weighted by atomic mass is 9.79. The molecule has 3 heterocycles. The Balaban J connectivity index is 1.29. The van der Waals surface area contributed by atoms with Crippen molar-refractivity contribution < 1.29 is 9.52 Å². The molecule has 0 amide bonds. The quantitative estimate of drug-likeness (QED) is 0.197. The third-order valence-corrected chi connectivity index (χ3v) is 12.4. The Morgan fingerprint density at radius 3 is 2.30 bits per heavy atom. The van der Waals surface area contributed by atoms with Gasteiger partial charge in [-0.25, -0.2) is 4.98 Å². The van der Waals surface area contributed by atoms with Crippen molar-refractivity contribution in [2.24, 2.45) is 0 Å². The maximum absolute atomic E-state index is 11.8. The zero-order valence-corrected chi connectivity index (χ0v) is 32.3. The first-order valence-corrected chi connectivity index (χ1v) is 19.9. The molecule has 0 unspecified atom stereocenters. The fourth-order valence-electron chi connectivity index (χ4n) is 8.33. The predicted molar refractivity (Wildman–Crippen MR) is 223 cm³/mol. The highest BCUT2D eigenvalue weighted by Gasteiger charge is 2.28. The van der Waals surface area contributed by atoms with E-state index in [1.54, 1.807) is 11.3 Å². The van der Waals surface area contributed by atoms with E-state index in [2.05, 4.69) is 133 Å². The van der Waals surface area contributed by atoms with Gasteiger partial charge in [-0.1, -0.05) is 109 Å². The first kappa shape index (κ1) is 33.8. The standard InChI is InChI=1S/C48H46N2O2S/c1-47(2,3)32-26-38(43(51)39(27-32)48(4,5)6)46-50-42-34(17-12-18-41(42)53-46)36-23-31(40-25-30(21-22-49-40)28-13-8-7-9-14-28)24-37-35-20-19-29-15-10-11-16-33(29)44(35)52-45(36)37/h10-12,15-28,51H,7-9,13-14H2,1-6H3. The summed E-state index contributed by atoms with van der Waals surface area (Å²) in [6, 6.07) is 32.6. The number of fused-ring (bicyclic) bond motifs is 6. The van der Waals surface area contributed by atoms with Crippen molar-refractivity contribution in [1.29, 1.82) is 0 Å². The van der Waals surface area contributed by atoms with Crippen LogP contribution in [0.15, 0.2) is 102 Å².